The number of fused-ring (bicyclic) bond motifs is 1. The number of likely N-dealkylation sites (tertiary alicyclic amines) is 1. The van der Waals surface area contributed by atoms with Crippen molar-refractivity contribution in [1.29, 1.82) is 0 Å². The lowest BCUT2D eigenvalue weighted by molar-refractivity contribution is 0.0817. The third-order valence-electron chi connectivity index (χ3n) is 4.49. The largest absolute Gasteiger partial charge is 0.493 e. The summed E-state index contributed by atoms with van der Waals surface area (Å²) in [6.45, 7) is 2.06. The van der Waals surface area contributed by atoms with Gasteiger partial charge in [0.05, 0.1) is 7.11 Å². The molecule has 0 aliphatic carbocycles. The molecule has 0 spiro atoms. The summed E-state index contributed by atoms with van der Waals surface area (Å²) in [7, 11) is 1.63. The highest BCUT2D eigenvalue weighted by atomic mass is 19.1. The average molecular weight is 315 g/mol. The summed E-state index contributed by atoms with van der Waals surface area (Å²) < 4.78 is 29.4. The molecule has 2 aromatic rings. The zero-order valence-corrected chi connectivity index (χ0v) is 12.9. The Kier molecular flexibility index (Phi) is 3.58. The van der Waals surface area contributed by atoms with E-state index in [1.54, 1.807) is 7.11 Å². The van der Waals surface area contributed by atoms with Crippen LogP contribution in [0.5, 0.6) is 17.2 Å². The average Bonchev–Trinajstić information content (AvgIpc) is 3.01. The molecular weight excluding hydrogens is 297 g/mol. The molecule has 2 aliphatic rings. The second-order valence-electron chi connectivity index (χ2n) is 5.86. The van der Waals surface area contributed by atoms with Gasteiger partial charge in [-0.15, -0.1) is 0 Å². The Labute approximate surface area is 134 Å². The fourth-order valence-corrected chi connectivity index (χ4v) is 3.20. The topological polar surface area (TPSA) is 30.9 Å². The standard InChI is InChI=1S/C18H18FNO3/c1-21-16-8-12(9-17-18(16)23-11-22-17)10-20-7-6-15(20)13-2-4-14(19)5-3-13/h2-5,8-9,15H,6-7,10-11H2,1H3. The Morgan fingerprint density at radius 2 is 2.04 bits per heavy atom. The molecule has 0 bridgehead atoms. The third kappa shape index (κ3) is 2.61. The van der Waals surface area contributed by atoms with Gasteiger partial charge in [0.2, 0.25) is 12.5 Å². The first-order valence-electron chi connectivity index (χ1n) is 7.70. The lowest BCUT2D eigenvalue weighted by atomic mass is 9.94. The van der Waals surface area contributed by atoms with Gasteiger partial charge in [0.25, 0.3) is 0 Å². The van der Waals surface area contributed by atoms with Gasteiger partial charge in [-0.1, -0.05) is 12.1 Å². The van der Waals surface area contributed by atoms with E-state index < -0.39 is 0 Å². The van der Waals surface area contributed by atoms with E-state index in [4.69, 9.17) is 14.2 Å². The Morgan fingerprint density at radius 3 is 2.74 bits per heavy atom. The summed E-state index contributed by atoms with van der Waals surface area (Å²) in [6.07, 6.45) is 1.09. The number of benzene rings is 2. The van der Waals surface area contributed by atoms with Crippen LogP contribution in [0.1, 0.15) is 23.6 Å². The zero-order chi connectivity index (χ0) is 15.8. The highest BCUT2D eigenvalue weighted by molar-refractivity contribution is 5.55. The first-order valence-corrected chi connectivity index (χ1v) is 7.70. The fourth-order valence-electron chi connectivity index (χ4n) is 3.20. The molecule has 1 unspecified atom stereocenters. The van der Waals surface area contributed by atoms with Crippen molar-refractivity contribution in [3.63, 3.8) is 0 Å². The minimum Gasteiger partial charge on any atom is -0.493 e. The van der Waals surface area contributed by atoms with Gasteiger partial charge in [0.1, 0.15) is 5.82 Å². The Hall–Kier alpha value is -2.27. The normalized spacial score (nSPS) is 19.5. The highest BCUT2D eigenvalue weighted by Gasteiger charge is 2.30. The smallest absolute Gasteiger partial charge is 0.231 e. The van der Waals surface area contributed by atoms with Gasteiger partial charge in [0.15, 0.2) is 11.5 Å². The van der Waals surface area contributed by atoms with Crippen molar-refractivity contribution in [2.45, 2.75) is 19.0 Å². The maximum absolute atomic E-state index is 13.1. The summed E-state index contributed by atoms with van der Waals surface area (Å²) in [5.74, 6) is 1.92. The molecule has 0 saturated carbocycles. The van der Waals surface area contributed by atoms with Crippen molar-refractivity contribution in [3.05, 3.63) is 53.3 Å². The zero-order valence-electron chi connectivity index (χ0n) is 12.9. The van der Waals surface area contributed by atoms with Gasteiger partial charge in [-0.3, -0.25) is 4.90 Å². The van der Waals surface area contributed by atoms with Crippen LogP contribution in [0.25, 0.3) is 0 Å². The van der Waals surface area contributed by atoms with Crippen LogP contribution < -0.4 is 14.2 Å². The molecule has 120 valence electrons. The lowest BCUT2D eigenvalue weighted by Gasteiger charge is -2.41. The van der Waals surface area contributed by atoms with Gasteiger partial charge < -0.3 is 14.2 Å². The fraction of sp³-hybridized carbons (Fsp3) is 0.333. The van der Waals surface area contributed by atoms with Crippen LogP contribution in [-0.4, -0.2) is 25.3 Å². The number of ether oxygens (including phenoxy) is 3. The summed E-state index contributed by atoms with van der Waals surface area (Å²) in [4.78, 5) is 2.37. The third-order valence-corrected chi connectivity index (χ3v) is 4.49. The minimum absolute atomic E-state index is 0.194. The number of methoxy groups -OCH3 is 1. The van der Waals surface area contributed by atoms with Crippen LogP contribution in [0, 0.1) is 5.82 Å². The molecule has 5 heteroatoms. The number of hydrogen-bond acceptors (Lipinski definition) is 4. The van der Waals surface area contributed by atoms with Gasteiger partial charge >= 0.3 is 0 Å². The molecular formula is C18H18FNO3. The maximum atomic E-state index is 13.1. The molecule has 0 amide bonds. The van der Waals surface area contributed by atoms with Crippen LogP contribution in [0.4, 0.5) is 4.39 Å². The highest BCUT2D eigenvalue weighted by Crippen LogP contribution is 2.43. The Bertz CT molecular complexity index is 717. The molecule has 2 aromatic carbocycles. The van der Waals surface area contributed by atoms with E-state index >= 15 is 0 Å². The number of nitrogens with zero attached hydrogens (tertiary/aromatic N) is 1. The summed E-state index contributed by atoms with van der Waals surface area (Å²) in [5, 5.41) is 0. The molecule has 23 heavy (non-hydrogen) atoms. The van der Waals surface area contributed by atoms with E-state index in [1.165, 1.54) is 12.1 Å². The summed E-state index contributed by atoms with van der Waals surface area (Å²) in [6, 6.07) is 11.1. The van der Waals surface area contributed by atoms with Crippen molar-refractivity contribution >= 4 is 0 Å². The number of rotatable bonds is 4. The van der Waals surface area contributed by atoms with Crippen LogP contribution >= 0.6 is 0 Å². The van der Waals surface area contributed by atoms with Gasteiger partial charge in [-0.25, -0.2) is 4.39 Å². The van der Waals surface area contributed by atoms with Crippen molar-refractivity contribution in [2.24, 2.45) is 0 Å². The molecule has 1 atom stereocenters. The first-order chi connectivity index (χ1) is 11.2. The predicted octanol–water partition coefficient (Wildman–Crippen LogP) is 3.51. The lowest BCUT2D eigenvalue weighted by Crippen LogP contribution is -2.40. The molecule has 2 heterocycles. The molecule has 0 N–H and O–H groups in total. The molecule has 2 aliphatic heterocycles. The van der Waals surface area contributed by atoms with E-state index in [9.17, 15) is 4.39 Å². The van der Waals surface area contributed by atoms with Crippen LogP contribution in [0.3, 0.4) is 0 Å². The van der Waals surface area contributed by atoms with Crippen molar-refractivity contribution in [1.82, 2.24) is 4.90 Å². The van der Waals surface area contributed by atoms with E-state index in [0.717, 1.165) is 36.4 Å². The molecule has 1 saturated heterocycles. The number of hydrogen-bond donors (Lipinski definition) is 0. The quantitative estimate of drug-likeness (QED) is 0.864. The molecule has 1 fully saturated rings. The summed E-state index contributed by atoms with van der Waals surface area (Å²) >= 11 is 0. The van der Waals surface area contributed by atoms with Crippen molar-refractivity contribution < 1.29 is 18.6 Å². The SMILES string of the molecule is COc1cc(CN2CCC2c2ccc(F)cc2)cc2c1OCO2. The molecule has 0 aromatic heterocycles. The minimum atomic E-state index is -0.194. The molecule has 4 rings (SSSR count). The second kappa shape index (κ2) is 5.74. The van der Waals surface area contributed by atoms with E-state index in [1.807, 2.05) is 24.3 Å². The van der Waals surface area contributed by atoms with E-state index in [-0.39, 0.29) is 12.6 Å². The Balaban J connectivity index is 1.53. The first kappa shape index (κ1) is 14.3. The van der Waals surface area contributed by atoms with Crippen LogP contribution in [-0.2, 0) is 6.54 Å². The van der Waals surface area contributed by atoms with Crippen molar-refractivity contribution in [2.75, 3.05) is 20.4 Å². The van der Waals surface area contributed by atoms with Crippen LogP contribution in [0.15, 0.2) is 36.4 Å². The molecule has 4 nitrogen and oxygen atoms in total. The second-order valence-corrected chi connectivity index (χ2v) is 5.86. The molecule has 0 radical (unpaired) electrons. The monoisotopic (exact) mass is 315 g/mol. The van der Waals surface area contributed by atoms with Crippen molar-refractivity contribution in [3.8, 4) is 17.2 Å². The Morgan fingerprint density at radius 1 is 1.22 bits per heavy atom. The van der Waals surface area contributed by atoms with E-state index in [2.05, 4.69) is 4.90 Å². The predicted molar refractivity (Wildman–Crippen MR) is 83.3 cm³/mol. The van der Waals surface area contributed by atoms with Gasteiger partial charge in [-0.05, 0) is 41.8 Å². The van der Waals surface area contributed by atoms with Gasteiger partial charge in [-0.2, -0.15) is 0 Å². The maximum Gasteiger partial charge on any atom is 0.231 e. The van der Waals surface area contributed by atoms with Crippen LogP contribution in [0.2, 0.25) is 0 Å². The van der Waals surface area contributed by atoms with E-state index in [0.29, 0.717) is 17.5 Å². The summed E-state index contributed by atoms with van der Waals surface area (Å²) in [5.41, 5.74) is 2.28. The van der Waals surface area contributed by atoms with Gasteiger partial charge in [0, 0.05) is 19.1 Å². The number of halogens is 1.